The summed E-state index contributed by atoms with van der Waals surface area (Å²) < 4.78 is 0. The van der Waals surface area contributed by atoms with Gasteiger partial charge in [-0.1, -0.05) is 30.3 Å². The Kier molecular flexibility index (Phi) is 6.08. The number of amides is 2. The van der Waals surface area contributed by atoms with Gasteiger partial charge in [0.2, 0.25) is 11.8 Å². The molecule has 1 aromatic carbocycles. The van der Waals surface area contributed by atoms with E-state index in [0.717, 1.165) is 25.9 Å². The van der Waals surface area contributed by atoms with Crippen molar-refractivity contribution in [2.45, 2.75) is 38.0 Å². The lowest BCUT2D eigenvalue weighted by atomic mass is 9.92. The van der Waals surface area contributed by atoms with Gasteiger partial charge in [-0.3, -0.25) is 14.5 Å². The predicted molar refractivity (Wildman–Crippen MR) is 98.0 cm³/mol. The van der Waals surface area contributed by atoms with Gasteiger partial charge in [0.1, 0.15) is 0 Å². The largest absolute Gasteiger partial charge is 0.369 e. The Balaban J connectivity index is 1.47. The monoisotopic (exact) mass is 343 g/mol. The van der Waals surface area contributed by atoms with Gasteiger partial charge in [0.15, 0.2) is 0 Å². The molecule has 2 fully saturated rings. The Morgan fingerprint density at radius 2 is 1.68 bits per heavy atom. The molecule has 0 aliphatic carbocycles. The van der Waals surface area contributed by atoms with Crippen LogP contribution in [0.3, 0.4) is 0 Å². The van der Waals surface area contributed by atoms with Crippen molar-refractivity contribution in [3.05, 3.63) is 35.9 Å². The first-order valence-electron chi connectivity index (χ1n) is 9.48. The van der Waals surface area contributed by atoms with E-state index in [4.69, 9.17) is 5.73 Å². The minimum absolute atomic E-state index is 0.0612. The summed E-state index contributed by atoms with van der Waals surface area (Å²) in [4.78, 5) is 28.0. The summed E-state index contributed by atoms with van der Waals surface area (Å²) in [5.74, 6) is 0.508. The molecule has 5 nitrogen and oxygen atoms in total. The molecular weight excluding hydrogens is 314 g/mol. The molecule has 1 aromatic rings. The second kappa shape index (κ2) is 8.48. The third kappa shape index (κ3) is 4.82. The van der Waals surface area contributed by atoms with Crippen LogP contribution >= 0.6 is 0 Å². The summed E-state index contributed by atoms with van der Waals surface area (Å²) in [6, 6.07) is 10.7. The molecule has 2 N–H and O–H groups in total. The van der Waals surface area contributed by atoms with Crippen molar-refractivity contribution >= 4 is 11.8 Å². The van der Waals surface area contributed by atoms with E-state index in [2.05, 4.69) is 35.2 Å². The van der Waals surface area contributed by atoms with Gasteiger partial charge in [-0.2, -0.15) is 0 Å². The Morgan fingerprint density at radius 1 is 0.960 bits per heavy atom. The number of carbonyl (C=O) groups is 2. The fourth-order valence-corrected chi connectivity index (χ4v) is 4.08. The van der Waals surface area contributed by atoms with Crippen LogP contribution in [0.15, 0.2) is 30.3 Å². The fourth-order valence-electron chi connectivity index (χ4n) is 4.08. The van der Waals surface area contributed by atoms with Crippen molar-refractivity contribution in [3.63, 3.8) is 0 Å². The number of piperidine rings is 1. The van der Waals surface area contributed by atoms with Crippen LogP contribution in [0.5, 0.6) is 0 Å². The van der Waals surface area contributed by atoms with Crippen molar-refractivity contribution < 1.29 is 9.59 Å². The van der Waals surface area contributed by atoms with E-state index in [-0.39, 0.29) is 17.7 Å². The minimum atomic E-state index is -0.230. The molecule has 2 aliphatic heterocycles. The molecule has 0 radical (unpaired) electrons. The van der Waals surface area contributed by atoms with Gasteiger partial charge >= 0.3 is 0 Å². The van der Waals surface area contributed by atoms with Crippen LogP contribution in [0.4, 0.5) is 0 Å². The zero-order valence-corrected chi connectivity index (χ0v) is 14.9. The maximum Gasteiger partial charge on any atom is 0.236 e. The number of nitrogens with two attached hydrogens (primary N) is 1. The third-order valence-electron chi connectivity index (χ3n) is 5.70. The fraction of sp³-hybridized carbons (Fsp3) is 0.600. The first kappa shape index (κ1) is 17.9. The molecule has 2 amide bonds. The Hall–Kier alpha value is -1.88. The number of benzene rings is 1. The lowest BCUT2D eigenvalue weighted by Gasteiger charge is -2.32. The van der Waals surface area contributed by atoms with Gasteiger partial charge in [0.05, 0.1) is 6.54 Å². The number of hydrogen-bond donors (Lipinski definition) is 1. The van der Waals surface area contributed by atoms with Gasteiger partial charge in [-0.15, -0.1) is 0 Å². The van der Waals surface area contributed by atoms with Crippen LogP contribution in [0.2, 0.25) is 0 Å². The van der Waals surface area contributed by atoms with Crippen molar-refractivity contribution in [3.8, 4) is 0 Å². The molecule has 136 valence electrons. The molecule has 5 heteroatoms. The van der Waals surface area contributed by atoms with Crippen molar-refractivity contribution in [1.82, 2.24) is 9.80 Å². The SMILES string of the molecule is NC(=O)C1CCN(C(=O)CN2CCC[C@H](c3ccccc3)CC2)CC1. The van der Waals surface area contributed by atoms with E-state index in [9.17, 15) is 9.59 Å². The maximum atomic E-state index is 12.6. The van der Waals surface area contributed by atoms with E-state index in [1.807, 2.05) is 4.90 Å². The first-order valence-corrected chi connectivity index (χ1v) is 9.48. The average Bonchev–Trinajstić information content (AvgIpc) is 2.88. The lowest BCUT2D eigenvalue weighted by molar-refractivity contribution is -0.135. The number of primary amides is 1. The number of rotatable bonds is 4. The number of hydrogen-bond acceptors (Lipinski definition) is 3. The molecule has 2 aliphatic rings. The second-order valence-corrected chi connectivity index (χ2v) is 7.37. The third-order valence-corrected chi connectivity index (χ3v) is 5.70. The quantitative estimate of drug-likeness (QED) is 0.909. The van der Waals surface area contributed by atoms with E-state index in [1.54, 1.807) is 0 Å². The summed E-state index contributed by atoms with van der Waals surface area (Å²) in [7, 11) is 0. The van der Waals surface area contributed by atoms with Crippen molar-refractivity contribution in [1.29, 1.82) is 0 Å². The van der Waals surface area contributed by atoms with Gasteiger partial charge in [0, 0.05) is 19.0 Å². The highest BCUT2D eigenvalue weighted by Gasteiger charge is 2.27. The summed E-state index contributed by atoms with van der Waals surface area (Å²) in [5, 5.41) is 0. The van der Waals surface area contributed by atoms with Crippen LogP contribution in [0.25, 0.3) is 0 Å². The number of likely N-dealkylation sites (tertiary alicyclic amines) is 2. The second-order valence-electron chi connectivity index (χ2n) is 7.37. The number of nitrogens with zero attached hydrogens (tertiary/aromatic N) is 2. The summed E-state index contributed by atoms with van der Waals surface area (Å²) in [6.45, 7) is 3.79. The predicted octanol–water partition coefficient (Wildman–Crippen LogP) is 1.98. The molecule has 3 rings (SSSR count). The smallest absolute Gasteiger partial charge is 0.236 e. The van der Waals surface area contributed by atoms with E-state index < -0.39 is 0 Å². The molecule has 0 saturated carbocycles. The Bertz CT molecular complexity index is 582. The summed E-state index contributed by atoms with van der Waals surface area (Å²) in [5.41, 5.74) is 6.79. The van der Waals surface area contributed by atoms with Crippen molar-refractivity contribution in [2.75, 3.05) is 32.7 Å². The molecule has 0 aromatic heterocycles. The Labute approximate surface area is 150 Å². The van der Waals surface area contributed by atoms with Crippen LogP contribution in [-0.4, -0.2) is 54.3 Å². The highest BCUT2D eigenvalue weighted by Crippen LogP contribution is 2.28. The summed E-state index contributed by atoms with van der Waals surface area (Å²) >= 11 is 0. The van der Waals surface area contributed by atoms with Crippen LogP contribution < -0.4 is 5.73 Å². The normalized spacial score (nSPS) is 23.2. The topological polar surface area (TPSA) is 66.6 Å². The minimum Gasteiger partial charge on any atom is -0.369 e. The Morgan fingerprint density at radius 3 is 2.36 bits per heavy atom. The first-order chi connectivity index (χ1) is 12.1. The average molecular weight is 343 g/mol. The molecular formula is C20H29N3O2. The zero-order valence-electron chi connectivity index (χ0n) is 14.9. The summed E-state index contributed by atoms with van der Waals surface area (Å²) in [6.07, 6.45) is 4.85. The maximum absolute atomic E-state index is 12.6. The molecule has 0 spiro atoms. The molecule has 2 saturated heterocycles. The van der Waals surface area contributed by atoms with Gasteiger partial charge in [-0.05, 0) is 56.7 Å². The lowest BCUT2D eigenvalue weighted by Crippen LogP contribution is -2.46. The molecule has 2 heterocycles. The van der Waals surface area contributed by atoms with Crippen LogP contribution in [-0.2, 0) is 9.59 Å². The van der Waals surface area contributed by atoms with E-state index in [0.29, 0.717) is 38.4 Å². The highest BCUT2D eigenvalue weighted by atomic mass is 16.2. The molecule has 25 heavy (non-hydrogen) atoms. The van der Waals surface area contributed by atoms with Gasteiger partial charge < -0.3 is 10.6 Å². The highest BCUT2D eigenvalue weighted by molar-refractivity contribution is 5.80. The molecule has 1 atom stereocenters. The number of carbonyl (C=O) groups excluding carboxylic acids is 2. The standard InChI is InChI=1S/C20H29N3O2/c21-20(25)18-9-13-23(14-10-18)19(24)15-22-11-4-7-17(8-12-22)16-5-2-1-3-6-16/h1-3,5-6,17-18H,4,7-15H2,(H2,21,25)/t17-/m0/s1. The van der Waals surface area contributed by atoms with E-state index in [1.165, 1.54) is 12.0 Å². The van der Waals surface area contributed by atoms with Crippen LogP contribution in [0, 0.1) is 5.92 Å². The van der Waals surface area contributed by atoms with Gasteiger partial charge in [0.25, 0.3) is 0 Å². The van der Waals surface area contributed by atoms with Crippen molar-refractivity contribution in [2.24, 2.45) is 11.7 Å². The van der Waals surface area contributed by atoms with Gasteiger partial charge in [-0.25, -0.2) is 0 Å². The molecule has 0 bridgehead atoms. The van der Waals surface area contributed by atoms with Crippen LogP contribution in [0.1, 0.15) is 43.6 Å². The van der Waals surface area contributed by atoms with E-state index >= 15 is 0 Å². The molecule has 0 unspecified atom stereocenters. The zero-order chi connectivity index (χ0) is 17.6.